The van der Waals surface area contributed by atoms with E-state index in [1.165, 1.54) is 20.5 Å². The van der Waals surface area contributed by atoms with Crippen molar-refractivity contribution in [3.63, 3.8) is 0 Å². The molecule has 9 nitrogen and oxygen atoms in total. The fraction of sp³-hybridized carbons (Fsp3) is 0.214. The van der Waals surface area contributed by atoms with E-state index in [2.05, 4.69) is 0 Å². The SMILES string of the molecule is COc1ccc(C(CS(=O)(=O)Cc2ccc3occc3c2)N(C=O)OC(=O)[C@@H](OC)c2ccccc2)cc1. The van der Waals surface area contributed by atoms with E-state index in [1.807, 2.05) is 0 Å². The summed E-state index contributed by atoms with van der Waals surface area (Å²) >= 11 is 0. The van der Waals surface area contributed by atoms with Crippen molar-refractivity contribution >= 4 is 33.2 Å². The molecule has 0 aliphatic rings. The molecule has 0 bridgehead atoms. The van der Waals surface area contributed by atoms with Crippen LogP contribution >= 0.6 is 0 Å². The normalized spacial score (nSPS) is 13.0. The average molecular weight is 538 g/mol. The third-order valence-electron chi connectivity index (χ3n) is 5.97. The van der Waals surface area contributed by atoms with Crippen molar-refractivity contribution in [1.82, 2.24) is 5.06 Å². The van der Waals surface area contributed by atoms with Crippen molar-refractivity contribution < 1.29 is 36.7 Å². The van der Waals surface area contributed by atoms with Crippen LogP contribution in [-0.4, -0.2) is 45.8 Å². The molecule has 198 valence electrons. The highest BCUT2D eigenvalue weighted by molar-refractivity contribution is 7.90. The van der Waals surface area contributed by atoms with Gasteiger partial charge in [-0.1, -0.05) is 48.5 Å². The van der Waals surface area contributed by atoms with Crippen LogP contribution in [0, 0.1) is 0 Å². The molecule has 2 atom stereocenters. The third kappa shape index (κ3) is 6.39. The van der Waals surface area contributed by atoms with Gasteiger partial charge in [-0.25, -0.2) is 13.2 Å². The fourth-order valence-electron chi connectivity index (χ4n) is 4.11. The molecular formula is C28H27NO8S. The van der Waals surface area contributed by atoms with Crippen molar-refractivity contribution in [1.29, 1.82) is 0 Å². The number of benzene rings is 3. The lowest BCUT2D eigenvalue weighted by Crippen LogP contribution is -2.36. The van der Waals surface area contributed by atoms with E-state index in [-0.39, 0.29) is 12.2 Å². The summed E-state index contributed by atoms with van der Waals surface area (Å²) in [7, 11) is -0.962. The average Bonchev–Trinajstić information content (AvgIpc) is 3.39. The number of hydrogen-bond donors (Lipinski definition) is 0. The molecule has 1 amide bonds. The topological polar surface area (TPSA) is 112 Å². The Balaban J connectivity index is 1.61. The Morgan fingerprint density at radius 3 is 2.37 bits per heavy atom. The second-order valence-corrected chi connectivity index (χ2v) is 10.6. The molecule has 0 N–H and O–H groups in total. The van der Waals surface area contributed by atoms with Crippen LogP contribution in [0.5, 0.6) is 5.75 Å². The summed E-state index contributed by atoms with van der Waals surface area (Å²) in [6, 6.07) is 20.9. The van der Waals surface area contributed by atoms with Crippen LogP contribution in [0.3, 0.4) is 0 Å². The summed E-state index contributed by atoms with van der Waals surface area (Å²) in [5.41, 5.74) is 2.17. The largest absolute Gasteiger partial charge is 0.497 e. The van der Waals surface area contributed by atoms with Gasteiger partial charge in [0.2, 0.25) is 6.41 Å². The number of carbonyl (C=O) groups excluding carboxylic acids is 2. The minimum atomic E-state index is -3.80. The smallest absolute Gasteiger partial charge is 0.365 e. The highest BCUT2D eigenvalue weighted by atomic mass is 32.2. The van der Waals surface area contributed by atoms with E-state index in [4.69, 9.17) is 18.7 Å². The number of carbonyl (C=O) groups is 2. The van der Waals surface area contributed by atoms with Crippen LogP contribution in [-0.2, 0) is 34.8 Å². The molecule has 4 aromatic rings. The molecule has 10 heteroatoms. The Morgan fingerprint density at radius 2 is 1.71 bits per heavy atom. The van der Waals surface area contributed by atoms with Crippen molar-refractivity contribution in [2.45, 2.75) is 17.9 Å². The van der Waals surface area contributed by atoms with Crippen LogP contribution < -0.4 is 4.74 Å². The maximum absolute atomic E-state index is 13.3. The summed E-state index contributed by atoms with van der Waals surface area (Å²) in [6.07, 6.45) is 0.702. The van der Waals surface area contributed by atoms with E-state index in [9.17, 15) is 18.0 Å². The number of hydrogen-bond acceptors (Lipinski definition) is 8. The lowest BCUT2D eigenvalue weighted by Gasteiger charge is -2.28. The molecule has 0 radical (unpaired) electrons. The fourth-order valence-corrected chi connectivity index (χ4v) is 5.73. The molecule has 1 aromatic heterocycles. The minimum absolute atomic E-state index is 0.286. The summed E-state index contributed by atoms with van der Waals surface area (Å²) in [5, 5.41) is 1.50. The van der Waals surface area contributed by atoms with Gasteiger partial charge in [-0.3, -0.25) is 4.79 Å². The molecule has 38 heavy (non-hydrogen) atoms. The number of hydroxylamine groups is 2. The van der Waals surface area contributed by atoms with Crippen LogP contribution in [0.25, 0.3) is 11.0 Å². The molecule has 1 unspecified atom stereocenters. The second kappa shape index (κ2) is 11.9. The maximum Gasteiger partial charge on any atom is 0.365 e. The summed E-state index contributed by atoms with van der Waals surface area (Å²) in [4.78, 5) is 30.6. The number of nitrogens with zero attached hydrogens (tertiary/aromatic N) is 1. The van der Waals surface area contributed by atoms with Gasteiger partial charge in [-0.05, 0) is 47.0 Å². The first kappa shape index (κ1) is 26.9. The number of rotatable bonds is 12. The Labute approximate surface area is 220 Å². The van der Waals surface area contributed by atoms with Crippen LogP contribution in [0.15, 0.2) is 89.5 Å². The highest BCUT2D eigenvalue weighted by Gasteiger charge is 2.32. The van der Waals surface area contributed by atoms with Crippen LogP contribution in [0.1, 0.15) is 28.8 Å². The van der Waals surface area contributed by atoms with Gasteiger partial charge in [-0.15, -0.1) is 0 Å². The number of ether oxygens (including phenoxy) is 2. The van der Waals surface area contributed by atoms with Gasteiger partial charge >= 0.3 is 5.97 Å². The predicted octanol–water partition coefficient (Wildman–Crippen LogP) is 4.40. The first-order valence-corrected chi connectivity index (χ1v) is 13.5. The summed E-state index contributed by atoms with van der Waals surface area (Å²) < 4.78 is 42.5. The molecule has 0 aliphatic carbocycles. The second-order valence-electron chi connectivity index (χ2n) is 8.54. The van der Waals surface area contributed by atoms with Gasteiger partial charge in [0.05, 0.1) is 24.9 Å². The number of amides is 1. The molecule has 4 rings (SSSR count). The molecule has 1 heterocycles. The Hall–Kier alpha value is -4.15. The minimum Gasteiger partial charge on any atom is -0.497 e. The Kier molecular flexibility index (Phi) is 8.45. The lowest BCUT2D eigenvalue weighted by atomic mass is 10.1. The number of methoxy groups -OCH3 is 2. The summed E-state index contributed by atoms with van der Waals surface area (Å²) in [5.74, 6) is -1.11. The lowest BCUT2D eigenvalue weighted by molar-refractivity contribution is -0.207. The van der Waals surface area contributed by atoms with E-state index < -0.39 is 33.7 Å². The Morgan fingerprint density at radius 1 is 0.974 bits per heavy atom. The van der Waals surface area contributed by atoms with Crippen LogP contribution in [0.2, 0.25) is 0 Å². The van der Waals surface area contributed by atoms with Gasteiger partial charge in [0.25, 0.3) is 0 Å². The number of fused-ring (bicyclic) bond motifs is 1. The van der Waals surface area contributed by atoms with E-state index in [0.717, 1.165) is 10.4 Å². The predicted molar refractivity (Wildman–Crippen MR) is 140 cm³/mol. The quantitative estimate of drug-likeness (QED) is 0.193. The number of furan rings is 1. The van der Waals surface area contributed by atoms with Crippen LogP contribution in [0.4, 0.5) is 0 Å². The van der Waals surface area contributed by atoms with Gasteiger partial charge < -0.3 is 18.7 Å². The monoisotopic (exact) mass is 537 g/mol. The van der Waals surface area contributed by atoms with Gasteiger partial charge in [0, 0.05) is 12.5 Å². The highest BCUT2D eigenvalue weighted by Crippen LogP contribution is 2.28. The summed E-state index contributed by atoms with van der Waals surface area (Å²) in [6.45, 7) is 0. The Bertz CT molecular complexity index is 1480. The van der Waals surface area contributed by atoms with E-state index in [0.29, 0.717) is 28.0 Å². The standard InChI is InChI=1S/C28H27NO8S/c1-34-24-11-9-21(10-12-24)25(18-38(32,33)17-20-8-13-26-23(16-20)14-15-36-26)29(19-30)37-28(31)27(35-2)22-6-4-3-5-7-22/h3-16,19,25,27H,17-18H2,1-2H3/t25?,27-/m0/s1. The van der Waals surface area contributed by atoms with Crippen molar-refractivity contribution in [3.8, 4) is 5.75 Å². The molecular weight excluding hydrogens is 510 g/mol. The first-order chi connectivity index (χ1) is 18.3. The molecule has 0 saturated heterocycles. The zero-order valence-electron chi connectivity index (χ0n) is 20.9. The maximum atomic E-state index is 13.3. The van der Waals surface area contributed by atoms with E-state index in [1.54, 1.807) is 78.9 Å². The first-order valence-electron chi connectivity index (χ1n) is 11.7. The van der Waals surface area contributed by atoms with Crippen molar-refractivity contribution in [3.05, 3.63) is 102 Å². The zero-order chi connectivity index (χ0) is 27.1. The molecule has 0 spiro atoms. The van der Waals surface area contributed by atoms with Gasteiger partial charge in [-0.2, -0.15) is 5.06 Å². The van der Waals surface area contributed by atoms with Gasteiger partial charge in [0.1, 0.15) is 17.4 Å². The molecule has 0 fully saturated rings. The van der Waals surface area contributed by atoms with Crippen molar-refractivity contribution in [2.75, 3.05) is 20.0 Å². The van der Waals surface area contributed by atoms with E-state index >= 15 is 0 Å². The molecule has 3 aromatic carbocycles. The third-order valence-corrected chi connectivity index (χ3v) is 7.57. The molecule has 0 aliphatic heterocycles. The van der Waals surface area contributed by atoms with Gasteiger partial charge in [0.15, 0.2) is 15.9 Å². The molecule has 0 saturated carbocycles. The van der Waals surface area contributed by atoms with Crippen molar-refractivity contribution in [2.24, 2.45) is 0 Å². The zero-order valence-corrected chi connectivity index (χ0v) is 21.7. The number of sulfone groups is 1.